The van der Waals surface area contributed by atoms with Crippen molar-refractivity contribution in [1.82, 2.24) is 15.5 Å². The van der Waals surface area contributed by atoms with Crippen LogP contribution in [0.4, 0.5) is 23.7 Å². The first-order valence-corrected chi connectivity index (χ1v) is 16.3. The summed E-state index contributed by atoms with van der Waals surface area (Å²) < 4.78 is 39.1. The first-order valence-electron chi connectivity index (χ1n) is 16.3. The van der Waals surface area contributed by atoms with E-state index in [2.05, 4.69) is 16.0 Å². The van der Waals surface area contributed by atoms with Gasteiger partial charge in [-0.2, -0.15) is 13.2 Å². The van der Waals surface area contributed by atoms with Crippen LogP contribution < -0.4 is 16.0 Å². The van der Waals surface area contributed by atoms with Crippen LogP contribution in [0.2, 0.25) is 0 Å². The van der Waals surface area contributed by atoms with Crippen molar-refractivity contribution in [3.63, 3.8) is 0 Å². The zero-order chi connectivity index (χ0) is 31.4. The lowest BCUT2D eigenvalue weighted by Crippen LogP contribution is -2.47. The molecule has 1 aromatic carbocycles. The van der Waals surface area contributed by atoms with Crippen LogP contribution in [-0.2, 0) is 11.0 Å². The fourth-order valence-electron chi connectivity index (χ4n) is 5.64. The zero-order valence-electron chi connectivity index (χ0n) is 25.1. The quantitative estimate of drug-likeness (QED) is 0.189. The molecule has 246 valence electrons. The van der Waals surface area contributed by atoms with Crippen LogP contribution in [0.3, 0.4) is 0 Å². The summed E-state index contributed by atoms with van der Waals surface area (Å²) in [6, 6.07) is 5.53. The van der Waals surface area contributed by atoms with Crippen LogP contribution in [0.5, 0.6) is 0 Å². The molecule has 0 aliphatic heterocycles. The van der Waals surface area contributed by atoms with Crippen molar-refractivity contribution in [3.8, 4) is 0 Å². The Kier molecular flexibility index (Phi) is 10.7. The number of benzene rings is 1. The Morgan fingerprint density at radius 2 is 1.36 bits per heavy atom. The van der Waals surface area contributed by atoms with Crippen LogP contribution in [-0.4, -0.2) is 81.7 Å². The molecule has 0 aromatic heterocycles. The third-order valence-corrected chi connectivity index (χ3v) is 9.13. The minimum absolute atomic E-state index is 0.0193. The molecule has 6 N–H and O–H groups in total. The summed E-state index contributed by atoms with van der Waals surface area (Å²) in [5, 5.41) is 36.3. The normalized spacial score (nSPS) is 23.2. The van der Waals surface area contributed by atoms with Crippen LogP contribution in [0.15, 0.2) is 24.3 Å². The van der Waals surface area contributed by atoms with Gasteiger partial charge < -0.3 is 36.2 Å². The Balaban J connectivity index is 0.000000150. The number of alkyl halides is 3. The smallest absolute Gasteiger partial charge is 0.418 e. The largest absolute Gasteiger partial charge is 0.480 e. The maximum Gasteiger partial charge on any atom is 0.418 e. The fraction of sp³-hybridized carbons (Fsp3) is 0.750. The summed E-state index contributed by atoms with van der Waals surface area (Å²) in [5.74, 6) is 0.808. The van der Waals surface area contributed by atoms with Gasteiger partial charge >= 0.3 is 18.2 Å². The number of nitrogens with zero attached hydrogens (tertiary/aromatic N) is 1. The summed E-state index contributed by atoms with van der Waals surface area (Å²) in [4.78, 5) is 24.8. The first-order chi connectivity index (χ1) is 21.1. The topological polar surface area (TPSA) is 134 Å². The molecule has 6 saturated carbocycles. The van der Waals surface area contributed by atoms with Gasteiger partial charge in [-0.3, -0.25) is 4.79 Å². The predicted octanol–water partition coefficient (Wildman–Crippen LogP) is 4.58. The van der Waals surface area contributed by atoms with Crippen LogP contribution in [0.1, 0.15) is 82.6 Å². The number of para-hydroxylation sites is 1. The molecule has 9 nitrogen and oxygen atoms in total. The lowest BCUT2D eigenvalue weighted by Gasteiger charge is -2.31. The number of carboxylic acids is 1. The Hall–Kier alpha value is -2.41. The van der Waals surface area contributed by atoms with E-state index in [1.54, 1.807) is 4.90 Å². The van der Waals surface area contributed by atoms with E-state index < -0.39 is 23.7 Å². The molecule has 1 aromatic rings. The lowest BCUT2D eigenvalue weighted by molar-refractivity contribution is -0.140. The molecule has 3 unspecified atom stereocenters. The second-order valence-electron chi connectivity index (χ2n) is 13.4. The van der Waals surface area contributed by atoms with E-state index in [0.29, 0.717) is 24.6 Å². The van der Waals surface area contributed by atoms with Gasteiger partial charge in [-0.15, -0.1) is 0 Å². The average molecular weight is 625 g/mol. The molecule has 0 radical (unpaired) electrons. The molecule has 2 amide bonds. The molecule has 44 heavy (non-hydrogen) atoms. The van der Waals surface area contributed by atoms with Gasteiger partial charge in [0.05, 0.1) is 30.5 Å². The predicted molar refractivity (Wildman–Crippen MR) is 159 cm³/mol. The summed E-state index contributed by atoms with van der Waals surface area (Å²) >= 11 is 0. The molecule has 3 atom stereocenters. The molecule has 6 aliphatic carbocycles. The zero-order valence-corrected chi connectivity index (χ0v) is 25.1. The Bertz CT molecular complexity index is 1120. The molecule has 6 fully saturated rings. The number of aliphatic carboxylic acids is 1. The second kappa shape index (κ2) is 14.3. The number of aliphatic hydroxyl groups excluding tert-OH is 2. The number of carbonyl (C=O) groups is 2. The molecule has 0 spiro atoms. The molecular weight excluding hydrogens is 577 g/mol. The van der Waals surface area contributed by atoms with Crippen molar-refractivity contribution < 1.29 is 38.1 Å². The third-order valence-electron chi connectivity index (χ3n) is 9.13. The Labute approximate surface area is 257 Å². The highest BCUT2D eigenvalue weighted by Crippen LogP contribution is 2.41. The number of carbonyl (C=O) groups excluding carboxylic acids is 1. The van der Waals surface area contributed by atoms with E-state index in [1.807, 2.05) is 0 Å². The highest BCUT2D eigenvalue weighted by Gasteiger charge is 2.44. The van der Waals surface area contributed by atoms with Crippen LogP contribution in [0, 0.1) is 17.8 Å². The van der Waals surface area contributed by atoms with Gasteiger partial charge in [0.2, 0.25) is 0 Å². The summed E-state index contributed by atoms with van der Waals surface area (Å²) in [6.07, 6.45) is 8.83. The number of amides is 2. The molecule has 12 heteroatoms. The molecule has 6 aliphatic rings. The highest BCUT2D eigenvalue weighted by atomic mass is 19.4. The van der Waals surface area contributed by atoms with E-state index in [4.69, 9.17) is 10.2 Å². The van der Waals surface area contributed by atoms with E-state index in [9.17, 15) is 27.9 Å². The lowest BCUT2D eigenvalue weighted by atomic mass is 10.1. The Morgan fingerprint density at radius 1 is 0.795 bits per heavy atom. The van der Waals surface area contributed by atoms with Crippen molar-refractivity contribution >= 4 is 17.7 Å². The molecule has 0 bridgehead atoms. The minimum atomic E-state index is -4.53. The molecule has 7 rings (SSSR count). The third kappa shape index (κ3) is 10.1. The maximum atomic E-state index is 13.0. The first kappa shape index (κ1) is 33.0. The monoisotopic (exact) mass is 624 g/mol. The summed E-state index contributed by atoms with van der Waals surface area (Å²) in [5.41, 5.74) is -1.11. The summed E-state index contributed by atoms with van der Waals surface area (Å²) in [6.45, 7) is 0.177. The van der Waals surface area contributed by atoms with E-state index >= 15 is 0 Å². The number of hydrogen-bond donors (Lipinski definition) is 6. The summed E-state index contributed by atoms with van der Waals surface area (Å²) in [7, 11) is 0. The maximum absolute atomic E-state index is 13.0. The molecule has 0 saturated heterocycles. The van der Waals surface area contributed by atoms with Gasteiger partial charge in [0.25, 0.3) is 0 Å². The van der Waals surface area contributed by atoms with Gasteiger partial charge in [0, 0.05) is 24.2 Å². The Morgan fingerprint density at radius 3 is 1.82 bits per heavy atom. The number of aliphatic hydroxyl groups is 2. The number of urea groups is 1. The van der Waals surface area contributed by atoms with Crippen LogP contribution >= 0.6 is 0 Å². The number of hydrogen-bond acceptors (Lipinski definition) is 6. The number of halogens is 3. The van der Waals surface area contributed by atoms with Gasteiger partial charge in [0.15, 0.2) is 0 Å². The van der Waals surface area contributed by atoms with Gasteiger partial charge in [-0.05, 0) is 107 Å². The number of rotatable bonds is 13. The second-order valence-corrected chi connectivity index (χ2v) is 13.4. The SMILES string of the molecule is O=C(Nc1ccccc1C(F)(F)F)N(C1CC1)C(CO)C1CC1.O=C(O)C(NC1CC1)C1CC1.OCC(NC1CC1)C1CC1. The number of anilines is 1. The molecule has 0 heterocycles. The number of carboxylic acid groups (broad SMARTS) is 1. The number of nitrogens with one attached hydrogen (secondary N) is 3. The minimum Gasteiger partial charge on any atom is -0.480 e. The van der Waals surface area contributed by atoms with E-state index in [0.717, 1.165) is 69.4 Å². The van der Waals surface area contributed by atoms with Crippen molar-refractivity contribution in [2.24, 2.45) is 17.8 Å². The van der Waals surface area contributed by atoms with Crippen molar-refractivity contribution in [3.05, 3.63) is 29.8 Å². The van der Waals surface area contributed by atoms with Crippen molar-refractivity contribution in [2.45, 2.75) is 119 Å². The fourth-order valence-corrected chi connectivity index (χ4v) is 5.64. The average Bonchev–Trinajstić information content (AvgIpc) is 3.76. The van der Waals surface area contributed by atoms with Gasteiger partial charge in [-0.25, -0.2) is 4.79 Å². The van der Waals surface area contributed by atoms with Gasteiger partial charge in [-0.1, -0.05) is 12.1 Å². The van der Waals surface area contributed by atoms with Crippen LogP contribution in [0.25, 0.3) is 0 Å². The van der Waals surface area contributed by atoms with Crippen molar-refractivity contribution in [1.29, 1.82) is 0 Å². The van der Waals surface area contributed by atoms with Crippen molar-refractivity contribution in [2.75, 3.05) is 18.5 Å². The van der Waals surface area contributed by atoms with E-state index in [1.165, 1.54) is 43.9 Å². The molecular formula is C32H47F3N4O5. The van der Waals surface area contributed by atoms with Gasteiger partial charge in [0.1, 0.15) is 6.04 Å². The van der Waals surface area contributed by atoms with E-state index in [-0.39, 0.29) is 36.3 Å². The standard InChI is InChI=1S/C16H19F3N2O2.C8H13NO2.C8H15NO/c17-16(18,19)12-3-1-2-4-13(12)20-15(23)21(11-7-8-11)14(9-22)10-5-6-10;10-8(11)7(5-1-2-5)9-6-3-4-6;10-5-8(6-1-2-6)9-7-3-4-7/h1-4,10-11,14,22H,5-9H2,(H,20,23);5-7,9H,1-4H2,(H,10,11);6-10H,1-5H2. The highest BCUT2D eigenvalue weighted by molar-refractivity contribution is 5.91.